The number of aliphatic hydroxyl groups excluding tert-OH is 1. The van der Waals surface area contributed by atoms with Gasteiger partial charge in [0.2, 0.25) is 0 Å². The summed E-state index contributed by atoms with van der Waals surface area (Å²) < 4.78 is 5.96. The first-order valence-electron chi connectivity index (χ1n) is 7.95. The quantitative estimate of drug-likeness (QED) is 0.816. The molecular formula is C16H31NO3. The zero-order valence-electron chi connectivity index (χ0n) is 13.6. The lowest BCUT2D eigenvalue weighted by Crippen LogP contribution is -2.47. The highest BCUT2D eigenvalue weighted by Crippen LogP contribution is 2.26. The van der Waals surface area contributed by atoms with Gasteiger partial charge in [0.25, 0.3) is 5.91 Å². The molecule has 0 spiro atoms. The van der Waals surface area contributed by atoms with Crippen LogP contribution in [0.4, 0.5) is 0 Å². The molecule has 4 unspecified atom stereocenters. The smallest absolute Gasteiger partial charge is 0.251 e. The number of carbonyl (C=O) groups excluding carboxylic acids is 1. The van der Waals surface area contributed by atoms with Gasteiger partial charge in [-0.2, -0.15) is 0 Å². The van der Waals surface area contributed by atoms with Gasteiger partial charge in [-0.15, -0.1) is 0 Å². The Bertz CT molecular complexity index is 304. The van der Waals surface area contributed by atoms with Gasteiger partial charge in [-0.1, -0.05) is 19.8 Å². The average Bonchev–Trinajstić information content (AvgIpc) is 2.34. The summed E-state index contributed by atoms with van der Waals surface area (Å²) in [5.74, 6) is 0.675. The van der Waals surface area contributed by atoms with Crippen LogP contribution in [0.5, 0.6) is 0 Å². The molecule has 1 aliphatic carbocycles. The maximum Gasteiger partial charge on any atom is 0.251 e. The molecule has 4 atom stereocenters. The summed E-state index contributed by atoms with van der Waals surface area (Å²) in [6, 6.07) is 0.0772. The van der Waals surface area contributed by atoms with Crippen molar-refractivity contribution in [3.05, 3.63) is 0 Å². The van der Waals surface area contributed by atoms with Crippen LogP contribution in [0.25, 0.3) is 0 Å². The molecular weight excluding hydrogens is 254 g/mol. The van der Waals surface area contributed by atoms with Crippen molar-refractivity contribution in [1.82, 2.24) is 4.90 Å². The van der Waals surface area contributed by atoms with Gasteiger partial charge >= 0.3 is 0 Å². The summed E-state index contributed by atoms with van der Waals surface area (Å²) in [6.07, 6.45) is 3.83. The average molecular weight is 285 g/mol. The molecule has 0 radical (unpaired) electrons. The maximum atomic E-state index is 12.5. The highest BCUT2D eigenvalue weighted by Gasteiger charge is 2.28. The van der Waals surface area contributed by atoms with Crippen molar-refractivity contribution >= 4 is 5.91 Å². The summed E-state index contributed by atoms with van der Waals surface area (Å²) >= 11 is 0. The van der Waals surface area contributed by atoms with Gasteiger partial charge in [0.05, 0.1) is 12.2 Å². The number of amides is 1. The second-order valence-corrected chi connectivity index (χ2v) is 6.61. The molecule has 1 amide bonds. The van der Waals surface area contributed by atoms with Crippen molar-refractivity contribution in [3.8, 4) is 0 Å². The second kappa shape index (κ2) is 7.99. The minimum Gasteiger partial charge on any atom is -0.392 e. The first-order chi connectivity index (χ1) is 9.31. The number of aliphatic hydroxyl groups is 1. The monoisotopic (exact) mass is 285 g/mol. The zero-order valence-corrected chi connectivity index (χ0v) is 13.6. The van der Waals surface area contributed by atoms with Gasteiger partial charge in [-0.25, -0.2) is 0 Å². The highest BCUT2D eigenvalue weighted by molar-refractivity contribution is 5.80. The van der Waals surface area contributed by atoms with Crippen LogP contribution in [0.15, 0.2) is 0 Å². The van der Waals surface area contributed by atoms with Crippen LogP contribution in [0.2, 0.25) is 0 Å². The predicted octanol–water partition coefficient (Wildman–Crippen LogP) is 2.59. The predicted molar refractivity (Wildman–Crippen MR) is 80.5 cm³/mol. The van der Waals surface area contributed by atoms with E-state index in [4.69, 9.17) is 4.74 Å². The molecule has 4 heteroatoms. The van der Waals surface area contributed by atoms with Crippen LogP contribution < -0.4 is 0 Å². The van der Waals surface area contributed by atoms with E-state index in [2.05, 4.69) is 6.92 Å². The lowest BCUT2D eigenvalue weighted by molar-refractivity contribution is -0.151. The third kappa shape index (κ3) is 5.41. The normalized spacial score (nSPS) is 26.4. The first-order valence-corrected chi connectivity index (χ1v) is 7.95. The Morgan fingerprint density at radius 1 is 1.30 bits per heavy atom. The number of carbonyl (C=O) groups is 1. The fourth-order valence-corrected chi connectivity index (χ4v) is 2.92. The molecule has 0 aromatic carbocycles. The zero-order chi connectivity index (χ0) is 15.3. The minimum absolute atomic E-state index is 0.0147. The first kappa shape index (κ1) is 17.4. The van der Waals surface area contributed by atoms with Crippen molar-refractivity contribution in [2.45, 2.75) is 84.7 Å². The lowest BCUT2D eigenvalue weighted by atomic mass is 9.88. The summed E-state index contributed by atoms with van der Waals surface area (Å²) in [4.78, 5) is 14.2. The highest BCUT2D eigenvalue weighted by atomic mass is 16.5. The van der Waals surface area contributed by atoms with Crippen LogP contribution in [0, 0.1) is 5.92 Å². The van der Waals surface area contributed by atoms with Crippen molar-refractivity contribution in [3.63, 3.8) is 0 Å². The summed E-state index contributed by atoms with van der Waals surface area (Å²) in [5, 5.41) is 9.52. The fraction of sp³-hybridized carbons (Fsp3) is 0.938. The fourth-order valence-electron chi connectivity index (χ4n) is 2.92. The third-order valence-electron chi connectivity index (χ3n) is 4.00. The molecule has 20 heavy (non-hydrogen) atoms. The molecule has 0 bridgehead atoms. The number of hydrogen-bond acceptors (Lipinski definition) is 3. The van der Waals surface area contributed by atoms with E-state index >= 15 is 0 Å². The Morgan fingerprint density at radius 3 is 2.45 bits per heavy atom. The van der Waals surface area contributed by atoms with Gasteiger partial charge in [-0.3, -0.25) is 4.79 Å². The summed E-state index contributed by atoms with van der Waals surface area (Å²) in [5.41, 5.74) is 0. The van der Waals surface area contributed by atoms with Crippen molar-refractivity contribution in [2.24, 2.45) is 5.92 Å². The molecule has 1 rings (SSSR count). The Labute approximate surface area is 123 Å². The molecule has 0 aromatic heterocycles. The molecule has 4 nitrogen and oxygen atoms in total. The second-order valence-electron chi connectivity index (χ2n) is 6.61. The topological polar surface area (TPSA) is 49.8 Å². The molecule has 1 fully saturated rings. The molecule has 1 N–H and O–H groups in total. The summed E-state index contributed by atoms with van der Waals surface area (Å²) in [6.45, 7) is 10.1. The Balaban J connectivity index is 2.55. The van der Waals surface area contributed by atoms with E-state index < -0.39 is 12.2 Å². The van der Waals surface area contributed by atoms with Crippen LogP contribution in [-0.2, 0) is 9.53 Å². The van der Waals surface area contributed by atoms with Crippen molar-refractivity contribution in [1.29, 1.82) is 0 Å². The number of hydrogen-bond donors (Lipinski definition) is 1. The van der Waals surface area contributed by atoms with Crippen LogP contribution in [0.1, 0.15) is 60.3 Å². The Morgan fingerprint density at radius 2 is 1.95 bits per heavy atom. The lowest BCUT2D eigenvalue weighted by Gasteiger charge is -2.33. The molecule has 0 aliphatic heterocycles. The largest absolute Gasteiger partial charge is 0.392 e. The molecule has 0 saturated heterocycles. The van der Waals surface area contributed by atoms with E-state index in [9.17, 15) is 9.90 Å². The van der Waals surface area contributed by atoms with E-state index in [0.717, 1.165) is 12.8 Å². The maximum absolute atomic E-state index is 12.5. The van der Waals surface area contributed by atoms with Gasteiger partial charge in [0.15, 0.2) is 0 Å². The minimum atomic E-state index is -0.511. The third-order valence-corrected chi connectivity index (χ3v) is 4.00. The molecule has 1 aliphatic rings. The molecule has 118 valence electrons. The molecule has 1 saturated carbocycles. The van der Waals surface area contributed by atoms with Gasteiger partial charge in [0.1, 0.15) is 6.10 Å². The van der Waals surface area contributed by atoms with E-state index in [1.165, 1.54) is 12.8 Å². The van der Waals surface area contributed by atoms with E-state index in [0.29, 0.717) is 12.5 Å². The molecule has 0 aromatic rings. The Kier molecular flexibility index (Phi) is 6.96. The number of ether oxygens (including phenoxy) is 1. The standard InChI is InChI=1S/C16H31NO3/c1-11(2)17(10-13(4)18)16(19)14(5)20-15-8-6-7-12(3)9-15/h11-15,18H,6-10H2,1-5H3. The molecule has 0 heterocycles. The van der Waals surface area contributed by atoms with Gasteiger partial charge in [-0.05, 0) is 46.5 Å². The van der Waals surface area contributed by atoms with E-state index in [1.54, 1.807) is 11.8 Å². The SMILES string of the molecule is CC(O)CN(C(=O)C(C)OC1CCCC(C)C1)C(C)C. The van der Waals surface area contributed by atoms with Crippen LogP contribution in [0.3, 0.4) is 0 Å². The van der Waals surface area contributed by atoms with Crippen molar-refractivity contribution in [2.75, 3.05) is 6.54 Å². The van der Waals surface area contributed by atoms with Gasteiger partial charge < -0.3 is 14.7 Å². The van der Waals surface area contributed by atoms with Crippen molar-refractivity contribution < 1.29 is 14.6 Å². The Hall–Kier alpha value is -0.610. The van der Waals surface area contributed by atoms with Gasteiger partial charge in [0, 0.05) is 12.6 Å². The van der Waals surface area contributed by atoms with Crippen LogP contribution >= 0.6 is 0 Å². The van der Waals surface area contributed by atoms with E-state index in [-0.39, 0.29) is 18.1 Å². The van der Waals surface area contributed by atoms with E-state index in [1.807, 2.05) is 20.8 Å². The van der Waals surface area contributed by atoms with Crippen LogP contribution in [-0.4, -0.2) is 46.8 Å². The summed E-state index contributed by atoms with van der Waals surface area (Å²) in [7, 11) is 0. The number of nitrogens with zero attached hydrogens (tertiary/aromatic N) is 1. The number of rotatable bonds is 6.